The van der Waals surface area contributed by atoms with Crippen LogP contribution < -0.4 is 5.32 Å². The third kappa shape index (κ3) is 5.83. The number of hydrogen-bond donors (Lipinski definition) is 1. The van der Waals surface area contributed by atoms with Crippen LogP contribution in [0.15, 0.2) is 29.2 Å². The van der Waals surface area contributed by atoms with Crippen LogP contribution in [-0.4, -0.2) is 67.1 Å². The molecule has 1 N–H and O–H groups in total. The first kappa shape index (κ1) is 23.7. The number of halogens is 3. The molecule has 3 atom stereocenters. The van der Waals surface area contributed by atoms with Crippen LogP contribution in [0, 0.1) is 5.92 Å². The molecule has 1 heterocycles. The van der Waals surface area contributed by atoms with Gasteiger partial charge in [-0.2, -0.15) is 13.2 Å². The monoisotopic (exact) mass is 455 g/mol. The highest BCUT2D eigenvalue weighted by molar-refractivity contribution is 8.04. The lowest BCUT2D eigenvalue weighted by molar-refractivity contribution is -0.137. The molecule has 3 unspecified atom stereocenters. The molecule has 2 aliphatic rings. The van der Waals surface area contributed by atoms with Gasteiger partial charge in [0.25, 0.3) is 5.91 Å². The van der Waals surface area contributed by atoms with Gasteiger partial charge in [-0.15, -0.1) is 11.8 Å². The molecule has 1 saturated carbocycles. The molecule has 170 valence electrons. The summed E-state index contributed by atoms with van der Waals surface area (Å²) in [5, 5.41) is 3.15. The molecule has 1 aromatic rings. The zero-order valence-electron chi connectivity index (χ0n) is 17.9. The fourth-order valence-corrected chi connectivity index (χ4v) is 5.48. The van der Waals surface area contributed by atoms with E-state index in [0.717, 1.165) is 31.5 Å². The molecule has 1 aliphatic heterocycles. The Morgan fingerprint density at radius 1 is 1.26 bits per heavy atom. The van der Waals surface area contributed by atoms with Crippen LogP contribution in [0.3, 0.4) is 0 Å². The van der Waals surface area contributed by atoms with Gasteiger partial charge in [0.15, 0.2) is 0 Å². The molecule has 5 nitrogen and oxygen atoms in total. The van der Waals surface area contributed by atoms with Crippen molar-refractivity contribution in [2.45, 2.75) is 36.7 Å². The maximum absolute atomic E-state index is 12.9. The van der Waals surface area contributed by atoms with Crippen molar-refractivity contribution in [2.75, 3.05) is 34.2 Å². The quantitative estimate of drug-likeness (QED) is 0.691. The van der Waals surface area contributed by atoms with Gasteiger partial charge in [-0.25, -0.2) is 0 Å². The number of fused-ring (bicyclic) bond motifs is 1. The number of likely N-dealkylation sites (N-methyl/N-ethyl adjacent to an activating group) is 2. The van der Waals surface area contributed by atoms with Gasteiger partial charge >= 0.3 is 6.18 Å². The number of rotatable bonds is 5. The lowest BCUT2D eigenvalue weighted by atomic mass is 9.83. The smallest absolute Gasteiger partial charge is 0.355 e. The number of thioether (sulfide) groups is 1. The number of nitrogens with zero attached hydrogens (tertiary/aromatic N) is 2. The Kier molecular flexibility index (Phi) is 7.36. The SMILES string of the molecule is CN(C)CCNC(=O)C1CCC2S/C(=C\c3ccc(C(F)(F)F)cc3)C(=O)N(C)C2C1. The van der Waals surface area contributed by atoms with Crippen LogP contribution in [0.4, 0.5) is 13.2 Å². The van der Waals surface area contributed by atoms with Gasteiger partial charge in [0, 0.05) is 37.3 Å². The minimum Gasteiger partial charge on any atom is -0.355 e. The number of carbonyl (C=O) groups excluding carboxylic acids is 2. The van der Waals surface area contributed by atoms with E-state index in [1.165, 1.54) is 23.9 Å². The highest BCUT2D eigenvalue weighted by atomic mass is 32.2. The molecule has 1 aromatic carbocycles. The van der Waals surface area contributed by atoms with Gasteiger partial charge < -0.3 is 15.1 Å². The largest absolute Gasteiger partial charge is 0.416 e. The number of alkyl halides is 3. The number of hydrogen-bond acceptors (Lipinski definition) is 4. The van der Waals surface area contributed by atoms with Crippen molar-refractivity contribution in [3.8, 4) is 0 Å². The standard InChI is InChI=1S/C22H28F3N3O2S/c1-27(2)11-10-26-20(29)15-6-9-18-17(13-15)28(3)21(30)19(31-18)12-14-4-7-16(8-5-14)22(23,24)25/h4-5,7-8,12,15,17-18H,6,9-11,13H2,1-3H3,(H,26,29)/b19-12-. The minimum atomic E-state index is -4.38. The second-order valence-electron chi connectivity index (χ2n) is 8.37. The van der Waals surface area contributed by atoms with Gasteiger partial charge in [0.1, 0.15) is 0 Å². The molecule has 31 heavy (non-hydrogen) atoms. The van der Waals surface area contributed by atoms with Crippen molar-refractivity contribution in [1.82, 2.24) is 15.1 Å². The maximum atomic E-state index is 12.9. The summed E-state index contributed by atoms with van der Waals surface area (Å²) >= 11 is 1.48. The van der Waals surface area contributed by atoms with Crippen LogP contribution in [0.25, 0.3) is 6.08 Å². The normalized spacial score (nSPS) is 25.6. The molecule has 0 aromatic heterocycles. The first-order chi connectivity index (χ1) is 14.6. The fraction of sp³-hybridized carbons (Fsp3) is 0.545. The van der Waals surface area contributed by atoms with Crippen molar-refractivity contribution < 1.29 is 22.8 Å². The summed E-state index contributed by atoms with van der Waals surface area (Å²) in [4.78, 5) is 29.6. The molecule has 0 bridgehead atoms. The maximum Gasteiger partial charge on any atom is 0.416 e. The van der Waals surface area contributed by atoms with Crippen molar-refractivity contribution >= 4 is 29.7 Å². The van der Waals surface area contributed by atoms with E-state index in [1.807, 2.05) is 19.0 Å². The van der Waals surface area contributed by atoms with Gasteiger partial charge in [-0.1, -0.05) is 12.1 Å². The average molecular weight is 456 g/mol. The third-order valence-electron chi connectivity index (χ3n) is 5.83. The van der Waals surface area contributed by atoms with E-state index in [0.29, 0.717) is 23.4 Å². The molecule has 1 aliphatic carbocycles. The van der Waals surface area contributed by atoms with E-state index in [9.17, 15) is 22.8 Å². The van der Waals surface area contributed by atoms with Crippen LogP contribution in [0.5, 0.6) is 0 Å². The highest BCUT2D eigenvalue weighted by Crippen LogP contribution is 2.43. The number of benzene rings is 1. The summed E-state index contributed by atoms with van der Waals surface area (Å²) in [7, 11) is 5.65. The summed E-state index contributed by atoms with van der Waals surface area (Å²) in [6, 6.07) is 4.78. The molecule has 0 spiro atoms. The van der Waals surface area contributed by atoms with Crippen LogP contribution in [0.2, 0.25) is 0 Å². The number of nitrogens with one attached hydrogen (secondary N) is 1. The van der Waals surface area contributed by atoms with Crippen LogP contribution in [-0.2, 0) is 15.8 Å². The van der Waals surface area contributed by atoms with E-state index in [-0.39, 0.29) is 29.0 Å². The Bertz CT molecular complexity index is 839. The molecule has 3 rings (SSSR count). The minimum absolute atomic E-state index is 0.0272. The van der Waals surface area contributed by atoms with E-state index in [2.05, 4.69) is 5.32 Å². The van der Waals surface area contributed by atoms with Crippen molar-refractivity contribution in [2.24, 2.45) is 5.92 Å². The van der Waals surface area contributed by atoms with Crippen LogP contribution in [0.1, 0.15) is 30.4 Å². The summed E-state index contributed by atoms with van der Waals surface area (Å²) in [5.41, 5.74) is -0.152. The van der Waals surface area contributed by atoms with Crippen molar-refractivity contribution in [3.63, 3.8) is 0 Å². The summed E-state index contributed by atoms with van der Waals surface area (Å²) in [5.74, 6) is -0.225. The molecule has 2 amide bonds. The molecule has 9 heteroatoms. The average Bonchev–Trinajstić information content (AvgIpc) is 2.71. The van der Waals surface area contributed by atoms with E-state index in [4.69, 9.17) is 0 Å². The van der Waals surface area contributed by atoms with Gasteiger partial charge in [0.05, 0.1) is 10.5 Å². The van der Waals surface area contributed by atoms with Crippen molar-refractivity contribution in [1.29, 1.82) is 0 Å². The Labute approximate surface area is 185 Å². The second-order valence-corrected chi connectivity index (χ2v) is 9.65. The first-order valence-corrected chi connectivity index (χ1v) is 11.2. The van der Waals surface area contributed by atoms with Gasteiger partial charge in [-0.05, 0) is 57.1 Å². The summed E-state index contributed by atoms with van der Waals surface area (Å²) < 4.78 is 38.3. The molecule has 0 radical (unpaired) electrons. The van der Waals surface area contributed by atoms with E-state index >= 15 is 0 Å². The first-order valence-electron chi connectivity index (χ1n) is 10.3. The molecule has 1 saturated heterocycles. The Balaban J connectivity index is 1.65. The zero-order valence-corrected chi connectivity index (χ0v) is 18.7. The number of carbonyl (C=O) groups is 2. The van der Waals surface area contributed by atoms with Gasteiger partial charge in [0.2, 0.25) is 5.91 Å². The Morgan fingerprint density at radius 2 is 1.94 bits per heavy atom. The second kappa shape index (κ2) is 9.65. The Hall–Kier alpha value is -2.00. The van der Waals surface area contributed by atoms with Crippen LogP contribution >= 0.6 is 11.8 Å². The van der Waals surface area contributed by atoms with E-state index < -0.39 is 11.7 Å². The molecule has 2 fully saturated rings. The fourth-order valence-electron chi connectivity index (χ4n) is 4.00. The predicted molar refractivity (Wildman–Crippen MR) is 116 cm³/mol. The third-order valence-corrected chi connectivity index (χ3v) is 7.23. The lowest BCUT2D eigenvalue weighted by Gasteiger charge is -2.44. The summed E-state index contributed by atoms with van der Waals surface area (Å²) in [6.45, 7) is 1.37. The Morgan fingerprint density at radius 3 is 2.55 bits per heavy atom. The lowest BCUT2D eigenvalue weighted by Crippen LogP contribution is -2.52. The predicted octanol–water partition coefficient (Wildman–Crippen LogP) is 3.47. The topological polar surface area (TPSA) is 52.7 Å². The van der Waals surface area contributed by atoms with Crippen molar-refractivity contribution in [3.05, 3.63) is 40.3 Å². The molecular formula is C22H28F3N3O2S. The number of amides is 2. The van der Waals surface area contributed by atoms with E-state index in [1.54, 1.807) is 18.0 Å². The summed E-state index contributed by atoms with van der Waals surface area (Å²) in [6.07, 6.45) is -0.534. The zero-order chi connectivity index (χ0) is 22.8. The van der Waals surface area contributed by atoms with Gasteiger partial charge in [-0.3, -0.25) is 9.59 Å². The molecular weight excluding hydrogens is 427 g/mol. The highest BCUT2D eigenvalue weighted by Gasteiger charge is 2.42.